The molecule has 1 fully saturated rings. The van der Waals surface area contributed by atoms with Crippen molar-refractivity contribution >= 4 is 50.3 Å². The first-order valence-electron chi connectivity index (χ1n) is 9.27. The molecule has 2 rings (SSSR count). The summed E-state index contributed by atoms with van der Waals surface area (Å²) in [7, 11) is -4.37. The van der Waals surface area contributed by atoms with Crippen LogP contribution in [-0.2, 0) is 33.7 Å². The lowest BCUT2D eigenvalue weighted by Gasteiger charge is -2.44. The third kappa shape index (κ3) is 5.52. The molecule has 178 valence electrons. The molecular formula is C17H25N5O8S2. The first kappa shape index (κ1) is 25.5. The van der Waals surface area contributed by atoms with Gasteiger partial charge in [-0.3, -0.25) is 9.59 Å². The molecule has 1 aliphatic rings. The van der Waals surface area contributed by atoms with Crippen molar-refractivity contribution in [3.63, 3.8) is 0 Å². The number of nitrogens with two attached hydrogens (primary N) is 1. The molecule has 1 aliphatic heterocycles. The molecular weight excluding hydrogens is 466 g/mol. The number of hydrogen-bond acceptors (Lipinski definition) is 11. The first-order valence-corrected chi connectivity index (χ1v) is 11.5. The number of amides is 2. The van der Waals surface area contributed by atoms with E-state index in [-0.39, 0.29) is 10.8 Å². The summed E-state index contributed by atoms with van der Waals surface area (Å²) in [6.07, 6.45) is 0. The fraction of sp³-hybridized carbons (Fsp3) is 0.588. The zero-order valence-electron chi connectivity index (χ0n) is 18.3. The van der Waals surface area contributed by atoms with Gasteiger partial charge in [-0.15, -0.1) is 11.3 Å². The maximum atomic E-state index is 12.8. The van der Waals surface area contributed by atoms with Crippen LogP contribution in [0.15, 0.2) is 10.5 Å². The normalized spacial score (nSPS) is 20.0. The maximum Gasteiger partial charge on any atom is 0.365 e. The van der Waals surface area contributed by atoms with Crippen LogP contribution in [-0.4, -0.2) is 69.6 Å². The highest BCUT2D eigenvalue weighted by Crippen LogP contribution is 2.27. The van der Waals surface area contributed by atoms with Gasteiger partial charge in [-0.2, -0.15) is 8.42 Å². The number of nitrogen functional groups attached to an aromatic ring is 1. The van der Waals surface area contributed by atoms with Crippen LogP contribution in [0.5, 0.6) is 0 Å². The van der Waals surface area contributed by atoms with Crippen LogP contribution in [0, 0.1) is 0 Å². The monoisotopic (exact) mass is 491 g/mol. The van der Waals surface area contributed by atoms with Gasteiger partial charge in [-0.05, 0) is 41.5 Å². The molecule has 0 unspecified atom stereocenters. The molecule has 1 saturated heterocycles. The average Bonchev–Trinajstić information content (AvgIpc) is 3.03. The Morgan fingerprint density at radius 2 is 1.91 bits per heavy atom. The van der Waals surface area contributed by atoms with Crippen LogP contribution >= 0.6 is 11.3 Å². The number of anilines is 1. The minimum Gasteiger partial charge on any atom is -0.478 e. The van der Waals surface area contributed by atoms with Gasteiger partial charge in [0.25, 0.3) is 11.8 Å². The van der Waals surface area contributed by atoms with E-state index in [4.69, 9.17) is 19.9 Å². The van der Waals surface area contributed by atoms with Crippen molar-refractivity contribution in [1.29, 1.82) is 0 Å². The van der Waals surface area contributed by atoms with Crippen molar-refractivity contribution in [2.45, 2.75) is 64.8 Å². The Morgan fingerprint density at radius 3 is 2.34 bits per heavy atom. The SMILES string of the molecule is C[C@H]1[C@H](NC(=O)/C(=N\OC(C)(C)C(=O)O)c2csc(N)n2)C(=O)N1S(=O)(=O)OC(C)(C)C. The van der Waals surface area contributed by atoms with Gasteiger partial charge < -0.3 is 21.0 Å². The van der Waals surface area contributed by atoms with Crippen LogP contribution in [0.2, 0.25) is 0 Å². The van der Waals surface area contributed by atoms with Gasteiger partial charge in [0.15, 0.2) is 10.8 Å². The Bertz CT molecular complexity index is 1060. The molecule has 13 nitrogen and oxygen atoms in total. The van der Waals surface area contributed by atoms with E-state index in [2.05, 4.69) is 15.5 Å². The summed E-state index contributed by atoms with van der Waals surface area (Å²) in [5.74, 6) is -3.17. The molecule has 1 aromatic rings. The number of aromatic nitrogens is 1. The lowest BCUT2D eigenvalue weighted by Crippen LogP contribution is -2.71. The second-order valence-electron chi connectivity index (χ2n) is 8.40. The van der Waals surface area contributed by atoms with Crippen molar-refractivity contribution in [2.75, 3.05) is 5.73 Å². The molecule has 0 bridgehead atoms. The van der Waals surface area contributed by atoms with Crippen LogP contribution < -0.4 is 11.1 Å². The van der Waals surface area contributed by atoms with E-state index in [0.717, 1.165) is 11.3 Å². The van der Waals surface area contributed by atoms with E-state index >= 15 is 0 Å². The quantitative estimate of drug-likeness (QED) is 0.255. The zero-order chi connectivity index (χ0) is 24.6. The standard InChI is InChI=1S/C17H25N5O8S2/c1-8-10(13(24)22(8)32(27,28)30-16(2,3)4)20-12(23)11(9-7-31-15(18)19-9)21-29-17(5,6)14(25)26/h7-8,10H,1-6H3,(H2,18,19)(H,20,23)(H,25,26)/b21-11-/t8-,10-/m0/s1. The van der Waals surface area contributed by atoms with Gasteiger partial charge in [-0.25, -0.2) is 18.3 Å². The Kier molecular flexibility index (Phi) is 6.87. The number of carbonyl (C=O) groups excluding carboxylic acids is 2. The molecule has 0 saturated carbocycles. The lowest BCUT2D eigenvalue weighted by atomic mass is 10.0. The van der Waals surface area contributed by atoms with Gasteiger partial charge in [0.05, 0.1) is 11.6 Å². The number of carboxylic acids is 1. The maximum absolute atomic E-state index is 12.8. The highest BCUT2D eigenvalue weighted by molar-refractivity contribution is 7.85. The van der Waals surface area contributed by atoms with E-state index in [0.29, 0.717) is 4.31 Å². The summed E-state index contributed by atoms with van der Waals surface area (Å²) >= 11 is 1.00. The highest BCUT2D eigenvalue weighted by Gasteiger charge is 2.53. The summed E-state index contributed by atoms with van der Waals surface area (Å²) in [6, 6.07) is -2.15. The fourth-order valence-electron chi connectivity index (χ4n) is 2.46. The van der Waals surface area contributed by atoms with Crippen molar-refractivity contribution in [3.8, 4) is 0 Å². The molecule has 0 radical (unpaired) electrons. The number of β-lactam (4-membered cyclic amide) rings is 1. The number of nitrogens with zero attached hydrogens (tertiary/aromatic N) is 3. The minimum absolute atomic E-state index is 0.00819. The number of rotatable bonds is 8. The smallest absolute Gasteiger partial charge is 0.365 e. The van der Waals surface area contributed by atoms with E-state index in [9.17, 15) is 22.8 Å². The first-order chi connectivity index (χ1) is 14.5. The summed E-state index contributed by atoms with van der Waals surface area (Å²) < 4.78 is 30.2. The number of hydrogen-bond donors (Lipinski definition) is 3. The Morgan fingerprint density at radius 1 is 1.31 bits per heavy atom. The van der Waals surface area contributed by atoms with Gasteiger partial charge in [0.2, 0.25) is 5.60 Å². The minimum atomic E-state index is -4.37. The van der Waals surface area contributed by atoms with E-state index in [1.807, 2.05) is 0 Å². The molecule has 2 heterocycles. The second kappa shape index (κ2) is 8.63. The van der Waals surface area contributed by atoms with Gasteiger partial charge in [0, 0.05) is 5.38 Å². The van der Waals surface area contributed by atoms with Crippen molar-refractivity contribution in [3.05, 3.63) is 11.1 Å². The van der Waals surface area contributed by atoms with Crippen molar-refractivity contribution < 1.29 is 36.9 Å². The third-order valence-corrected chi connectivity index (χ3v) is 6.46. The van der Waals surface area contributed by atoms with Crippen LogP contribution in [0.25, 0.3) is 0 Å². The predicted molar refractivity (Wildman–Crippen MR) is 114 cm³/mol. The number of carboxylic acid groups (broad SMARTS) is 1. The zero-order valence-corrected chi connectivity index (χ0v) is 19.9. The van der Waals surface area contributed by atoms with Crippen LogP contribution in [0.3, 0.4) is 0 Å². The van der Waals surface area contributed by atoms with E-state index in [1.54, 1.807) is 0 Å². The van der Waals surface area contributed by atoms with E-state index < -0.39 is 57.1 Å². The van der Waals surface area contributed by atoms with Gasteiger partial charge in [-0.1, -0.05) is 5.16 Å². The number of carbonyl (C=O) groups is 3. The average molecular weight is 492 g/mol. The second-order valence-corrected chi connectivity index (χ2v) is 10.7. The molecule has 1 aromatic heterocycles. The Hall–Kier alpha value is -2.78. The topological polar surface area (TPSA) is 191 Å². The summed E-state index contributed by atoms with van der Waals surface area (Å²) in [5.41, 5.74) is 2.33. The van der Waals surface area contributed by atoms with Gasteiger partial charge in [0.1, 0.15) is 11.7 Å². The lowest BCUT2D eigenvalue weighted by molar-refractivity contribution is -0.161. The summed E-state index contributed by atoms with van der Waals surface area (Å²) in [6.45, 7) is 8.40. The Labute approximate surface area is 188 Å². The summed E-state index contributed by atoms with van der Waals surface area (Å²) in [4.78, 5) is 45.5. The number of oxime groups is 1. The van der Waals surface area contributed by atoms with Gasteiger partial charge >= 0.3 is 16.3 Å². The predicted octanol–water partition coefficient (Wildman–Crippen LogP) is 0.0846. The Balaban J connectivity index is 2.24. The molecule has 0 spiro atoms. The summed E-state index contributed by atoms with van der Waals surface area (Å²) in [5, 5.41) is 16.7. The molecule has 0 aromatic carbocycles. The van der Waals surface area contributed by atoms with Crippen LogP contribution in [0.4, 0.5) is 5.13 Å². The van der Waals surface area contributed by atoms with Crippen LogP contribution in [0.1, 0.15) is 47.2 Å². The largest absolute Gasteiger partial charge is 0.478 e. The molecule has 15 heteroatoms. The molecule has 0 aliphatic carbocycles. The van der Waals surface area contributed by atoms with Crippen molar-refractivity contribution in [2.24, 2.45) is 5.16 Å². The number of thiazole rings is 1. The fourth-order valence-corrected chi connectivity index (χ4v) is 4.58. The molecule has 2 amide bonds. The third-order valence-electron chi connectivity index (χ3n) is 4.08. The molecule has 4 N–H and O–H groups in total. The van der Waals surface area contributed by atoms with E-state index in [1.165, 1.54) is 46.9 Å². The van der Waals surface area contributed by atoms with Crippen molar-refractivity contribution in [1.82, 2.24) is 14.6 Å². The molecule has 2 atom stereocenters. The number of nitrogens with one attached hydrogen (secondary N) is 1. The number of aliphatic carboxylic acids is 1. The highest BCUT2D eigenvalue weighted by atomic mass is 32.2. The molecule has 32 heavy (non-hydrogen) atoms.